The molecule has 4 fully saturated rings. The van der Waals surface area contributed by atoms with Crippen LogP contribution in [0.4, 0.5) is 5.95 Å². The Balaban J connectivity index is 1.02. The number of ether oxygens (including phenoxy) is 1. The maximum Gasteiger partial charge on any atom is 0.254 e. The Morgan fingerprint density at radius 3 is 2.40 bits per heavy atom. The highest BCUT2D eigenvalue weighted by Gasteiger charge is 2.64. The van der Waals surface area contributed by atoms with Crippen LogP contribution in [0.3, 0.4) is 0 Å². The van der Waals surface area contributed by atoms with E-state index in [0.717, 1.165) is 51.9 Å². The van der Waals surface area contributed by atoms with E-state index in [9.17, 15) is 9.90 Å². The first-order chi connectivity index (χ1) is 19.9. The van der Waals surface area contributed by atoms with E-state index in [0.29, 0.717) is 39.3 Å². The number of nitriles is 1. The quantitative estimate of drug-likeness (QED) is 0.506. The van der Waals surface area contributed by atoms with Crippen LogP contribution in [0.2, 0.25) is 5.02 Å². The second-order valence-electron chi connectivity index (χ2n) is 14.1. The molecular formula is C32H41ClN6O3. The van der Waals surface area contributed by atoms with Gasteiger partial charge in [-0.1, -0.05) is 39.3 Å². The highest BCUT2D eigenvalue weighted by molar-refractivity contribution is 6.31. The summed E-state index contributed by atoms with van der Waals surface area (Å²) in [4.78, 5) is 27.1. The van der Waals surface area contributed by atoms with Crippen molar-refractivity contribution in [3.8, 4) is 11.8 Å². The lowest BCUT2D eigenvalue weighted by Crippen LogP contribution is -2.74. The number of carbonyl (C=O) groups excluding carboxylic acids is 1. The summed E-state index contributed by atoms with van der Waals surface area (Å²) in [5.74, 6) is 1.07. The van der Waals surface area contributed by atoms with Gasteiger partial charge in [-0.2, -0.15) is 5.26 Å². The number of rotatable bonds is 6. The fraction of sp³-hybridized carbons (Fsp3) is 0.625. The molecule has 2 aliphatic heterocycles. The Bertz CT molecular complexity index is 1360. The molecule has 2 aliphatic carbocycles. The van der Waals surface area contributed by atoms with Crippen LogP contribution in [0.25, 0.3) is 0 Å². The Kier molecular flexibility index (Phi) is 7.40. The SMILES string of the molecule is CC1(C)C(NC(=O)c2cnc(N3CC(N4CCC5(CCC(O)CC5)C4)C3)nc2)C(C)(C)C1Oc1ccc(C#N)c(Cl)c1. The van der Waals surface area contributed by atoms with Crippen molar-refractivity contribution in [2.75, 3.05) is 31.1 Å². The minimum atomic E-state index is -0.349. The molecule has 2 saturated heterocycles. The number of benzene rings is 1. The number of carbonyl (C=O) groups is 1. The van der Waals surface area contributed by atoms with Crippen LogP contribution in [0.5, 0.6) is 5.75 Å². The molecule has 1 spiro atoms. The molecule has 0 unspecified atom stereocenters. The summed E-state index contributed by atoms with van der Waals surface area (Å²) in [6, 6.07) is 7.53. The van der Waals surface area contributed by atoms with Crippen molar-refractivity contribution in [3.05, 3.63) is 46.7 Å². The summed E-state index contributed by atoms with van der Waals surface area (Å²) in [6.45, 7) is 12.4. The van der Waals surface area contributed by atoms with Gasteiger partial charge >= 0.3 is 0 Å². The van der Waals surface area contributed by atoms with Crippen LogP contribution in [0, 0.1) is 27.6 Å². The van der Waals surface area contributed by atoms with Crippen molar-refractivity contribution in [1.82, 2.24) is 20.2 Å². The number of amides is 1. The van der Waals surface area contributed by atoms with E-state index in [2.05, 4.69) is 58.8 Å². The van der Waals surface area contributed by atoms with Gasteiger partial charge in [-0.05, 0) is 56.2 Å². The zero-order valence-electron chi connectivity index (χ0n) is 24.9. The van der Waals surface area contributed by atoms with Gasteiger partial charge in [-0.25, -0.2) is 9.97 Å². The normalized spacial score (nSPS) is 26.7. The first-order valence-electron chi connectivity index (χ1n) is 15.1. The fourth-order valence-corrected chi connectivity index (χ4v) is 8.38. The maximum absolute atomic E-state index is 13.2. The van der Waals surface area contributed by atoms with Crippen LogP contribution in [0.1, 0.15) is 75.7 Å². The summed E-state index contributed by atoms with van der Waals surface area (Å²) < 4.78 is 6.33. The monoisotopic (exact) mass is 592 g/mol. The highest BCUT2D eigenvalue weighted by atomic mass is 35.5. The number of nitrogens with zero attached hydrogens (tertiary/aromatic N) is 5. The summed E-state index contributed by atoms with van der Waals surface area (Å²) in [7, 11) is 0. The van der Waals surface area contributed by atoms with Crippen molar-refractivity contribution in [3.63, 3.8) is 0 Å². The van der Waals surface area contributed by atoms with Crippen LogP contribution in [0.15, 0.2) is 30.6 Å². The second kappa shape index (κ2) is 10.7. The van der Waals surface area contributed by atoms with Crippen molar-refractivity contribution in [1.29, 1.82) is 5.26 Å². The third-order valence-electron chi connectivity index (χ3n) is 10.5. The van der Waals surface area contributed by atoms with Gasteiger partial charge in [-0.15, -0.1) is 0 Å². The summed E-state index contributed by atoms with van der Waals surface area (Å²) in [5, 5.41) is 22.6. The molecular weight excluding hydrogens is 552 g/mol. The molecule has 6 rings (SSSR count). The number of nitrogens with one attached hydrogen (secondary N) is 1. The molecule has 2 aromatic rings. The van der Waals surface area contributed by atoms with Crippen molar-refractivity contribution >= 4 is 23.5 Å². The van der Waals surface area contributed by atoms with Crippen molar-refractivity contribution in [2.24, 2.45) is 16.2 Å². The molecule has 1 amide bonds. The smallest absolute Gasteiger partial charge is 0.254 e. The van der Waals surface area contributed by atoms with E-state index in [1.165, 1.54) is 6.42 Å². The average molecular weight is 593 g/mol. The first-order valence-corrected chi connectivity index (χ1v) is 15.5. The minimum Gasteiger partial charge on any atom is -0.489 e. The minimum absolute atomic E-state index is 0.108. The Morgan fingerprint density at radius 2 is 1.79 bits per heavy atom. The number of halogens is 1. The van der Waals surface area contributed by atoms with E-state index in [4.69, 9.17) is 21.6 Å². The molecule has 10 heteroatoms. The number of hydrogen-bond donors (Lipinski definition) is 2. The third kappa shape index (κ3) is 5.12. The summed E-state index contributed by atoms with van der Waals surface area (Å²) in [5.41, 5.74) is 0.548. The molecule has 0 bridgehead atoms. The average Bonchev–Trinajstić information content (AvgIpc) is 3.34. The van der Waals surface area contributed by atoms with Crippen LogP contribution >= 0.6 is 11.6 Å². The molecule has 0 radical (unpaired) electrons. The summed E-state index contributed by atoms with van der Waals surface area (Å²) in [6.07, 6.45) is 8.36. The first kappa shape index (κ1) is 29.2. The van der Waals surface area contributed by atoms with Gasteiger partial charge in [0.25, 0.3) is 5.91 Å². The van der Waals surface area contributed by atoms with E-state index in [-0.39, 0.29) is 35.0 Å². The van der Waals surface area contributed by atoms with Gasteiger partial charge in [0.05, 0.1) is 22.3 Å². The molecule has 1 aromatic heterocycles. The van der Waals surface area contributed by atoms with E-state index < -0.39 is 0 Å². The van der Waals surface area contributed by atoms with Gasteiger partial charge in [0.15, 0.2) is 0 Å². The van der Waals surface area contributed by atoms with Crippen molar-refractivity contribution < 1.29 is 14.6 Å². The lowest BCUT2D eigenvalue weighted by Gasteiger charge is -2.63. The predicted octanol–water partition coefficient (Wildman–Crippen LogP) is 4.43. The highest BCUT2D eigenvalue weighted by Crippen LogP contribution is 2.55. The zero-order chi connectivity index (χ0) is 29.9. The molecule has 4 aliphatic rings. The number of anilines is 1. The van der Waals surface area contributed by atoms with Gasteiger partial charge < -0.3 is 20.1 Å². The molecule has 9 nitrogen and oxygen atoms in total. The van der Waals surface area contributed by atoms with Gasteiger partial charge in [0.2, 0.25) is 5.95 Å². The lowest BCUT2D eigenvalue weighted by molar-refractivity contribution is -0.164. The van der Waals surface area contributed by atoms with E-state index in [1.807, 2.05) is 0 Å². The molecule has 42 heavy (non-hydrogen) atoms. The fourth-order valence-electron chi connectivity index (χ4n) is 8.17. The Hall–Kier alpha value is -2.93. The number of hydrogen-bond acceptors (Lipinski definition) is 8. The third-order valence-corrected chi connectivity index (χ3v) is 10.8. The van der Waals surface area contributed by atoms with E-state index >= 15 is 0 Å². The molecule has 224 valence electrons. The molecule has 2 saturated carbocycles. The number of aromatic nitrogens is 2. The van der Waals surface area contributed by atoms with Crippen LogP contribution in [-0.2, 0) is 0 Å². The largest absolute Gasteiger partial charge is 0.489 e. The summed E-state index contributed by atoms with van der Waals surface area (Å²) >= 11 is 6.21. The van der Waals surface area contributed by atoms with Crippen LogP contribution < -0.4 is 15.0 Å². The Labute approximate surface area is 253 Å². The van der Waals surface area contributed by atoms with Gasteiger partial charge in [0, 0.05) is 61.0 Å². The maximum atomic E-state index is 13.2. The number of likely N-dealkylation sites (tertiary alicyclic amines) is 1. The number of aliphatic hydroxyl groups excluding tert-OH is 1. The predicted molar refractivity (Wildman–Crippen MR) is 161 cm³/mol. The molecule has 0 atom stereocenters. The Morgan fingerprint density at radius 1 is 1.12 bits per heavy atom. The van der Waals surface area contributed by atoms with Gasteiger partial charge in [-0.3, -0.25) is 9.69 Å². The molecule has 3 heterocycles. The van der Waals surface area contributed by atoms with E-state index in [1.54, 1.807) is 30.6 Å². The second-order valence-corrected chi connectivity index (χ2v) is 14.5. The number of aliphatic hydroxyl groups is 1. The van der Waals surface area contributed by atoms with Crippen LogP contribution in [-0.4, -0.2) is 76.4 Å². The standard InChI is InChI=1S/C32H41ClN6O3/c1-30(2)27(31(3,4)28(30)42-24-6-5-20(14-34)25(33)13-24)37-26(41)21-15-35-29(36-16-21)39-17-22(18-39)38-12-11-32(19-38)9-7-23(40)8-10-32/h5-6,13,15-16,22-23,27-28,40H,7-12,17-19H2,1-4H3,(H,37,41). The van der Waals surface area contributed by atoms with Gasteiger partial charge in [0.1, 0.15) is 17.9 Å². The lowest BCUT2D eigenvalue weighted by atomic mass is 9.49. The zero-order valence-corrected chi connectivity index (χ0v) is 25.7. The molecule has 1 aromatic carbocycles. The topological polar surface area (TPSA) is 115 Å². The molecule has 2 N–H and O–H groups in total. The van der Waals surface area contributed by atoms with Crippen molar-refractivity contribution in [2.45, 2.75) is 84.1 Å².